The van der Waals surface area contributed by atoms with E-state index in [9.17, 15) is 9.90 Å². The van der Waals surface area contributed by atoms with Crippen LogP contribution in [0.1, 0.15) is 17.2 Å². The van der Waals surface area contributed by atoms with Gasteiger partial charge in [0.1, 0.15) is 11.9 Å². The lowest BCUT2D eigenvalue weighted by Gasteiger charge is -2.25. The minimum absolute atomic E-state index is 0.329. The van der Waals surface area contributed by atoms with E-state index in [1.54, 1.807) is 18.1 Å². The number of aliphatic hydroxyl groups is 1. The summed E-state index contributed by atoms with van der Waals surface area (Å²) >= 11 is 13.4. The van der Waals surface area contributed by atoms with Crippen molar-refractivity contribution in [2.45, 2.75) is 22.7 Å². The van der Waals surface area contributed by atoms with Crippen molar-refractivity contribution in [2.75, 3.05) is 24.4 Å². The van der Waals surface area contributed by atoms with Crippen molar-refractivity contribution in [3.63, 3.8) is 0 Å². The Hall–Kier alpha value is -1.40. The van der Waals surface area contributed by atoms with Gasteiger partial charge in [0.2, 0.25) is 0 Å². The molecule has 26 heavy (non-hydrogen) atoms. The second-order valence-electron chi connectivity index (χ2n) is 5.90. The summed E-state index contributed by atoms with van der Waals surface area (Å²) < 4.78 is 5.19. The van der Waals surface area contributed by atoms with E-state index >= 15 is 0 Å². The van der Waals surface area contributed by atoms with Crippen LogP contribution in [0.5, 0.6) is 5.75 Å². The lowest BCUT2D eigenvalue weighted by Crippen LogP contribution is -2.41. The highest BCUT2D eigenvalue weighted by molar-refractivity contribution is 7.99. The normalized spacial score (nSPS) is 19.8. The average molecular weight is 412 g/mol. The van der Waals surface area contributed by atoms with E-state index in [2.05, 4.69) is 0 Å². The molecular formula is C19H19Cl2NO3S. The third-order valence-corrected chi connectivity index (χ3v) is 6.10. The molecule has 0 aliphatic carbocycles. The zero-order valence-electron chi connectivity index (χ0n) is 14.2. The van der Waals surface area contributed by atoms with Gasteiger partial charge in [-0.2, -0.15) is 0 Å². The number of carbonyl (C=O) groups is 1. The van der Waals surface area contributed by atoms with Gasteiger partial charge in [0, 0.05) is 22.3 Å². The van der Waals surface area contributed by atoms with E-state index in [-0.39, 0.29) is 5.91 Å². The Morgan fingerprint density at radius 1 is 1.23 bits per heavy atom. The molecule has 138 valence electrons. The molecule has 0 saturated heterocycles. The van der Waals surface area contributed by atoms with Crippen LogP contribution in [-0.2, 0) is 4.79 Å². The lowest BCUT2D eigenvalue weighted by atomic mass is 10.1. The van der Waals surface area contributed by atoms with Crippen LogP contribution in [0.25, 0.3) is 0 Å². The molecule has 4 nitrogen and oxygen atoms in total. The molecular weight excluding hydrogens is 393 g/mol. The molecule has 0 bridgehead atoms. The zero-order chi connectivity index (χ0) is 18.7. The fourth-order valence-electron chi connectivity index (χ4n) is 2.91. The van der Waals surface area contributed by atoms with E-state index in [0.29, 0.717) is 23.9 Å². The first-order valence-corrected chi connectivity index (χ1v) is 10.00. The van der Waals surface area contributed by atoms with Crippen LogP contribution in [0.15, 0.2) is 47.4 Å². The number of hydrogen-bond donors (Lipinski definition) is 1. The predicted octanol–water partition coefficient (Wildman–Crippen LogP) is 4.52. The van der Waals surface area contributed by atoms with E-state index in [1.165, 1.54) is 11.8 Å². The SMILES string of the molecule is COc1ccc(C2Sc3cc(Cl)ccc3N(CCCCl)C(=O)C2O)cc1. The number of alkyl halides is 1. The van der Waals surface area contributed by atoms with Gasteiger partial charge in [0.25, 0.3) is 5.91 Å². The number of methoxy groups -OCH3 is 1. The summed E-state index contributed by atoms with van der Waals surface area (Å²) in [4.78, 5) is 15.4. The number of amides is 1. The summed E-state index contributed by atoms with van der Waals surface area (Å²) in [5.74, 6) is 0.836. The van der Waals surface area contributed by atoms with Crippen molar-refractivity contribution in [3.8, 4) is 5.75 Å². The first-order valence-electron chi connectivity index (χ1n) is 8.20. The van der Waals surface area contributed by atoms with E-state index in [0.717, 1.165) is 21.9 Å². The maximum Gasteiger partial charge on any atom is 0.257 e. The first kappa shape index (κ1) is 19.4. The first-order chi connectivity index (χ1) is 12.5. The minimum atomic E-state index is -1.17. The number of rotatable bonds is 5. The molecule has 7 heteroatoms. The van der Waals surface area contributed by atoms with Gasteiger partial charge in [0.15, 0.2) is 0 Å². The van der Waals surface area contributed by atoms with Crippen LogP contribution in [0, 0.1) is 0 Å². The van der Waals surface area contributed by atoms with Gasteiger partial charge in [-0.05, 0) is 42.3 Å². The highest BCUT2D eigenvalue weighted by Crippen LogP contribution is 2.46. The van der Waals surface area contributed by atoms with E-state index in [4.69, 9.17) is 27.9 Å². The highest BCUT2D eigenvalue weighted by Gasteiger charge is 2.37. The summed E-state index contributed by atoms with van der Waals surface area (Å²) in [6, 6.07) is 12.8. The molecule has 3 rings (SSSR count). The molecule has 2 aromatic carbocycles. The smallest absolute Gasteiger partial charge is 0.257 e. The number of fused-ring (bicyclic) bond motifs is 1. The molecule has 0 saturated carbocycles. The molecule has 2 atom stereocenters. The number of ether oxygens (including phenoxy) is 1. The minimum Gasteiger partial charge on any atom is -0.497 e. The third kappa shape index (κ3) is 3.96. The topological polar surface area (TPSA) is 49.8 Å². The number of carbonyl (C=O) groups excluding carboxylic acids is 1. The number of benzene rings is 2. The molecule has 1 aliphatic heterocycles. The van der Waals surface area contributed by atoms with Crippen LogP contribution in [-0.4, -0.2) is 36.7 Å². The van der Waals surface area contributed by atoms with Crippen LogP contribution in [0.2, 0.25) is 5.02 Å². The highest BCUT2D eigenvalue weighted by atomic mass is 35.5. The van der Waals surface area contributed by atoms with Crippen molar-refractivity contribution in [1.82, 2.24) is 0 Å². The van der Waals surface area contributed by atoms with Crippen molar-refractivity contribution in [1.29, 1.82) is 0 Å². The average Bonchev–Trinajstić information content (AvgIpc) is 2.76. The standard InChI is InChI=1S/C19H19Cl2NO3S/c1-25-14-6-3-12(4-7-14)18-17(23)19(24)22(10-2-9-20)15-8-5-13(21)11-16(15)26-18/h3-8,11,17-18,23H,2,9-10H2,1H3. The molecule has 2 aromatic rings. The summed E-state index contributed by atoms with van der Waals surface area (Å²) in [7, 11) is 1.60. The molecule has 1 heterocycles. The molecule has 1 aliphatic rings. The Bertz CT molecular complexity index is 785. The van der Waals surface area contributed by atoms with E-state index < -0.39 is 11.4 Å². The molecule has 0 aromatic heterocycles. The van der Waals surface area contributed by atoms with Crippen LogP contribution < -0.4 is 9.64 Å². The van der Waals surface area contributed by atoms with Crippen molar-refractivity contribution in [3.05, 3.63) is 53.1 Å². The Labute approximate surface area is 167 Å². The third-order valence-electron chi connectivity index (χ3n) is 4.23. The van der Waals surface area contributed by atoms with Gasteiger partial charge < -0.3 is 14.7 Å². The Kier molecular flexibility index (Phi) is 6.35. The fraction of sp³-hybridized carbons (Fsp3) is 0.316. The van der Waals surface area contributed by atoms with Gasteiger partial charge in [0.05, 0.1) is 18.0 Å². The second-order valence-corrected chi connectivity index (χ2v) is 7.90. The molecule has 1 N–H and O–H groups in total. The van der Waals surface area contributed by atoms with Crippen LogP contribution >= 0.6 is 35.0 Å². The number of nitrogens with zero attached hydrogens (tertiary/aromatic N) is 1. The Morgan fingerprint density at radius 3 is 2.62 bits per heavy atom. The zero-order valence-corrected chi connectivity index (χ0v) is 16.5. The van der Waals surface area contributed by atoms with Gasteiger partial charge in [-0.1, -0.05) is 23.7 Å². The summed E-state index contributed by atoms with van der Waals surface area (Å²) in [6.07, 6.45) is -0.533. The summed E-state index contributed by atoms with van der Waals surface area (Å²) in [5.41, 5.74) is 1.60. The quantitative estimate of drug-likeness (QED) is 0.734. The maximum absolute atomic E-state index is 13.0. The van der Waals surface area contributed by atoms with Crippen LogP contribution in [0.4, 0.5) is 5.69 Å². The molecule has 0 fully saturated rings. The molecule has 1 amide bonds. The fourth-order valence-corrected chi connectivity index (χ4v) is 4.57. The monoisotopic (exact) mass is 411 g/mol. The second kappa shape index (κ2) is 8.53. The number of aliphatic hydroxyl groups excluding tert-OH is 1. The molecule has 2 unspecified atom stereocenters. The van der Waals surface area contributed by atoms with E-state index in [1.807, 2.05) is 36.4 Å². The summed E-state index contributed by atoms with van der Waals surface area (Å²) in [6.45, 7) is 0.448. The molecule has 0 radical (unpaired) electrons. The number of halogens is 2. The Morgan fingerprint density at radius 2 is 1.96 bits per heavy atom. The number of hydrogen-bond acceptors (Lipinski definition) is 4. The number of thioether (sulfide) groups is 1. The van der Waals surface area contributed by atoms with Crippen molar-refractivity contribution in [2.24, 2.45) is 0 Å². The number of anilines is 1. The maximum atomic E-state index is 13.0. The predicted molar refractivity (Wildman–Crippen MR) is 107 cm³/mol. The van der Waals surface area contributed by atoms with Crippen LogP contribution in [0.3, 0.4) is 0 Å². The van der Waals surface area contributed by atoms with Gasteiger partial charge in [-0.25, -0.2) is 0 Å². The largest absolute Gasteiger partial charge is 0.497 e. The lowest BCUT2D eigenvalue weighted by molar-refractivity contribution is -0.126. The Balaban J connectivity index is 2.02. The van der Waals surface area contributed by atoms with Crippen molar-refractivity contribution >= 4 is 46.6 Å². The van der Waals surface area contributed by atoms with Gasteiger partial charge in [-0.15, -0.1) is 23.4 Å². The van der Waals surface area contributed by atoms with Gasteiger partial charge in [-0.3, -0.25) is 4.79 Å². The van der Waals surface area contributed by atoms with Crippen molar-refractivity contribution < 1.29 is 14.6 Å². The van der Waals surface area contributed by atoms with Gasteiger partial charge >= 0.3 is 0 Å². The summed E-state index contributed by atoms with van der Waals surface area (Å²) in [5, 5.41) is 10.9. The molecule has 0 spiro atoms.